The number of ketones is 1. The summed E-state index contributed by atoms with van der Waals surface area (Å²) in [6.07, 6.45) is 1.49. The number of hydrogen-bond acceptors (Lipinski definition) is 2. The van der Waals surface area contributed by atoms with Crippen LogP contribution in [0.25, 0.3) is 0 Å². The Morgan fingerprint density at radius 1 is 1.25 bits per heavy atom. The Labute approximate surface area is 95.0 Å². The summed E-state index contributed by atoms with van der Waals surface area (Å²) in [4.78, 5) is 11.8. The molecule has 1 atom stereocenters. The van der Waals surface area contributed by atoms with Crippen molar-refractivity contribution in [2.75, 3.05) is 5.75 Å². The molecular formula is C11H9F3OS. The average molecular weight is 246 g/mol. The molecule has 1 heterocycles. The summed E-state index contributed by atoms with van der Waals surface area (Å²) in [6.45, 7) is 0. The molecule has 1 aromatic rings. The van der Waals surface area contributed by atoms with Gasteiger partial charge in [-0.15, -0.1) is 0 Å². The topological polar surface area (TPSA) is 17.1 Å². The Morgan fingerprint density at radius 2 is 1.88 bits per heavy atom. The average Bonchev–Trinajstić information content (AvgIpc) is 2.67. The minimum absolute atomic E-state index is 0.394. The highest BCUT2D eigenvalue weighted by atomic mass is 32.2. The van der Waals surface area contributed by atoms with E-state index in [1.807, 2.05) is 0 Å². The highest BCUT2D eigenvalue weighted by Gasteiger charge is 2.29. The summed E-state index contributed by atoms with van der Waals surface area (Å²) in [7, 11) is 0. The first-order valence-electron chi connectivity index (χ1n) is 4.90. The molecule has 5 heteroatoms. The van der Waals surface area contributed by atoms with Crippen molar-refractivity contribution in [2.24, 2.45) is 0 Å². The zero-order valence-corrected chi connectivity index (χ0v) is 9.12. The molecule has 2 rings (SSSR count). The summed E-state index contributed by atoms with van der Waals surface area (Å²) in [5, 5.41) is -0.394. The Morgan fingerprint density at radius 3 is 2.38 bits per heavy atom. The number of halogens is 3. The molecule has 1 aliphatic heterocycles. The molecule has 1 saturated heterocycles. The van der Waals surface area contributed by atoms with Crippen LogP contribution in [0.15, 0.2) is 12.1 Å². The molecule has 0 bridgehead atoms. The maximum atomic E-state index is 13.3. The van der Waals surface area contributed by atoms with Gasteiger partial charge in [0.1, 0.15) is 17.5 Å². The first-order chi connectivity index (χ1) is 7.59. The third-order valence-corrected chi connectivity index (χ3v) is 3.85. The maximum Gasteiger partial charge on any atom is 0.181 e. The fourth-order valence-corrected chi connectivity index (χ4v) is 2.94. The molecule has 0 N–H and O–H groups in total. The summed E-state index contributed by atoms with van der Waals surface area (Å²) in [6, 6.07) is 1.08. The third-order valence-electron chi connectivity index (χ3n) is 2.48. The first kappa shape index (κ1) is 11.5. The predicted molar refractivity (Wildman–Crippen MR) is 56.1 cm³/mol. The zero-order chi connectivity index (χ0) is 11.7. The predicted octanol–water partition coefficient (Wildman–Crippen LogP) is 3.18. The molecule has 0 spiro atoms. The molecule has 0 saturated carbocycles. The number of hydrogen-bond donors (Lipinski definition) is 0. The smallest absolute Gasteiger partial charge is 0.181 e. The lowest BCUT2D eigenvalue weighted by atomic mass is 10.0. The number of benzene rings is 1. The van der Waals surface area contributed by atoms with Crippen LogP contribution in [0, 0.1) is 17.5 Å². The quantitative estimate of drug-likeness (QED) is 0.745. The van der Waals surface area contributed by atoms with Gasteiger partial charge in [-0.2, -0.15) is 11.8 Å². The number of thioether (sulfide) groups is 1. The molecule has 1 unspecified atom stereocenters. The van der Waals surface area contributed by atoms with Gasteiger partial charge in [-0.1, -0.05) is 0 Å². The van der Waals surface area contributed by atoms with E-state index in [2.05, 4.69) is 0 Å². The van der Waals surface area contributed by atoms with Crippen molar-refractivity contribution in [1.29, 1.82) is 0 Å². The molecule has 0 aromatic heterocycles. The van der Waals surface area contributed by atoms with Crippen molar-refractivity contribution in [1.82, 2.24) is 0 Å². The SMILES string of the molecule is O=C(c1c(F)cc(F)cc1F)C1CCCS1. The minimum atomic E-state index is -1.12. The van der Waals surface area contributed by atoms with Crippen LogP contribution in [-0.2, 0) is 0 Å². The second-order valence-electron chi connectivity index (χ2n) is 3.61. The van der Waals surface area contributed by atoms with Crippen molar-refractivity contribution < 1.29 is 18.0 Å². The second-order valence-corrected chi connectivity index (χ2v) is 4.92. The van der Waals surface area contributed by atoms with Crippen molar-refractivity contribution in [3.63, 3.8) is 0 Å². The Kier molecular flexibility index (Phi) is 3.23. The third kappa shape index (κ3) is 2.09. The summed E-state index contributed by atoms with van der Waals surface area (Å²) in [5.74, 6) is -2.99. The molecule has 0 amide bonds. The minimum Gasteiger partial charge on any atom is -0.293 e. The van der Waals surface area contributed by atoms with Crippen LogP contribution in [0.5, 0.6) is 0 Å². The molecule has 0 radical (unpaired) electrons. The van der Waals surface area contributed by atoms with E-state index >= 15 is 0 Å². The standard InChI is InChI=1S/C11H9F3OS/c12-6-4-7(13)10(8(14)5-6)11(15)9-2-1-3-16-9/h4-5,9H,1-3H2. The van der Waals surface area contributed by atoms with Crippen molar-refractivity contribution in [3.05, 3.63) is 35.1 Å². The zero-order valence-electron chi connectivity index (χ0n) is 8.30. The summed E-state index contributed by atoms with van der Waals surface area (Å²) < 4.78 is 39.3. The maximum absolute atomic E-state index is 13.3. The van der Waals surface area contributed by atoms with Gasteiger partial charge in [0.25, 0.3) is 0 Å². The Balaban J connectivity index is 2.35. The first-order valence-corrected chi connectivity index (χ1v) is 5.95. The monoisotopic (exact) mass is 246 g/mol. The van der Waals surface area contributed by atoms with Crippen molar-refractivity contribution in [2.45, 2.75) is 18.1 Å². The lowest BCUT2D eigenvalue weighted by molar-refractivity contribution is 0.0980. The molecule has 86 valence electrons. The molecular weight excluding hydrogens is 237 g/mol. The van der Waals surface area contributed by atoms with E-state index in [0.29, 0.717) is 18.6 Å². The van der Waals surface area contributed by atoms with Crippen LogP contribution in [0.4, 0.5) is 13.2 Å². The van der Waals surface area contributed by atoms with Crippen molar-refractivity contribution >= 4 is 17.5 Å². The summed E-state index contributed by atoms with van der Waals surface area (Å²) >= 11 is 1.39. The van der Waals surface area contributed by atoms with Gasteiger partial charge in [0.05, 0.1) is 10.8 Å². The van der Waals surface area contributed by atoms with E-state index in [1.165, 1.54) is 11.8 Å². The van der Waals surface area contributed by atoms with Crippen LogP contribution >= 0.6 is 11.8 Å². The van der Waals surface area contributed by atoms with Gasteiger partial charge in [0.2, 0.25) is 0 Å². The highest BCUT2D eigenvalue weighted by molar-refractivity contribution is 8.00. The lowest BCUT2D eigenvalue weighted by Crippen LogP contribution is -2.17. The number of carbonyl (C=O) groups is 1. The molecule has 1 aliphatic rings. The van der Waals surface area contributed by atoms with Gasteiger partial charge >= 0.3 is 0 Å². The molecule has 1 aromatic carbocycles. The van der Waals surface area contributed by atoms with Gasteiger partial charge in [0.15, 0.2) is 5.78 Å². The van der Waals surface area contributed by atoms with E-state index in [1.54, 1.807) is 0 Å². The number of rotatable bonds is 2. The van der Waals surface area contributed by atoms with E-state index in [-0.39, 0.29) is 0 Å². The van der Waals surface area contributed by atoms with Crippen LogP contribution in [0.1, 0.15) is 23.2 Å². The molecule has 0 aliphatic carbocycles. The van der Waals surface area contributed by atoms with E-state index in [0.717, 1.165) is 12.2 Å². The number of Topliss-reactive ketones (excluding diaryl/α,β-unsaturated/α-hetero) is 1. The van der Waals surface area contributed by atoms with Crippen LogP contribution < -0.4 is 0 Å². The van der Waals surface area contributed by atoms with Crippen molar-refractivity contribution in [3.8, 4) is 0 Å². The van der Waals surface area contributed by atoms with Crippen LogP contribution in [0.2, 0.25) is 0 Å². The Bertz CT molecular complexity index is 404. The van der Waals surface area contributed by atoms with Crippen LogP contribution in [0.3, 0.4) is 0 Å². The number of carbonyl (C=O) groups excluding carboxylic acids is 1. The normalized spacial score (nSPS) is 20.1. The fraction of sp³-hybridized carbons (Fsp3) is 0.364. The largest absolute Gasteiger partial charge is 0.293 e. The fourth-order valence-electron chi connectivity index (χ4n) is 1.72. The van der Waals surface area contributed by atoms with E-state index in [4.69, 9.17) is 0 Å². The highest BCUT2D eigenvalue weighted by Crippen LogP contribution is 2.30. The van der Waals surface area contributed by atoms with Gasteiger partial charge in [-0.25, -0.2) is 13.2 Å². The van der Waals surface area contributed by atoms with Gasteiger partial charge < -0.3 is 0 Å². The van der Waals surface area contributed by atoms with Gasteiger partial charge in [-0.05, 0) is 18.6 Å². The van der Waals surface area contributed by atoms with Gasteiger partial charge in [0, 0.05) is 12.1 Å². The molecule has 1 fully saturated rings. The summed E-state index contributed by atoms with van der Waals surface area (Å²) in [5.41, 5.74) is -0.610. The molecule has 1 nitrogen and oxygen atoms in total. The van der Waals surface area contributed by atoms with E-state index < -0.39 is 34.0 Å². The van der Waals surface area contributed by atoms with E-state index in [9.17, 15) is 18.0 Å². The van der Waals surface area contributed by atoms with Gasteiger partial charge in [-0.3, -0.25) is 4.79 Å². The van der Waals surface area contributed by atoms with Crippen LogP contribution in [-0.4, -0.2) is 16.8 Å². The molecule has 16 heavy (non-hydrogen) atoms. The Hall–Kier alpha value is -0.970. The second kappa shape index (κ2) is 4.49. The lowest BCUT2D eigenvalue weighted by Gasteiger charge is -2.09.